The van der Waals surface area contributed by atoms with E-state index in [0.29, 0.717) is 16.7 Å². The third-order valence-corrected chi connectivity index (χ3v) is 2.47. The van der Waals surface area contributed by atoms with Crippen molar-refractivity contribution in [1.29, 1.82) is 5.26 Å². The molecule has 4 nitrogen and oxygen atoms in total. The number of methoxy groups -OCH3 is 1. The standard InChI is InChI=1S/C10H9ClN2O2/c1-5-6(2)8(10(14)15-3)13-9(11)7(5)4-12/h1-3H3. The maximum absolute atomic E-state index is 11.3. The van der Waals surface area contributed by atoms with Gasteiger partial charge in [0, 0.05) is 0 Å². The lowest BCUT2D eigenvalue weighted by molar-refractivity contribution is 0.0593. The third-order valence-electron chi connectivity index (χ3n) is 2.20. The average molecular weight is 225 g/mol. The minimum Gasteiger partial charge on any atom is -0.464 e. The number of nitrogens with zero attached hydrogens (tertiary/aromatic N) is 2. The first-order valence-electron chi connectivity index (χ1n) is 4.18. The molecule has 0 radical (unpaired) electrons. The second-order valence-electron chi connectivity index (χ2n) is 2.98. The van der Waals surface area contributed by atoms with Gasteiger partial charge in [-0.25, -0.2) is 9.78 Å². The summed E-state index contributed by atoms with van der Waals surface area (Å²) >= 11 is 5.77. The summed E-state index contributed by atoms with van der Waals surface area (Å²) in [4.78, 5) is 15.2. The van der Waals surface area contributed by atoms with Gasteiger partial charge in [-0.1, -0.05) is 11.6 Å². The van der Waals surface area contributed by atoms with Gasteiger partial charge in [0.15, 0.2) is 5.69 Å². The smallest absolute Gasteiger partial charge is 0.356 e. The van der Waals surface area contributed by atoms with E-state index in [9.17, 15) is 4.79 Å². The molecule has 0 atom stereocenters. The molecule has 0 unspecified atom stereocenters. The summed E-state index contributed by atoms with van der Waals surface area (Å²) in [5.41, 5.74) is 1.71. The second kappa shape index (κ2) is 4.28. The van der Waals surface area contributed by atoms with E-state index in [4.69, 9.17) is 16.9 Å². The van der Waals surface area contributed by atoms with Crippen LogP contribution in [0.5, 0.6) is 0 Å². The first-order valence-corrected chi connectivity index (χ1v) is 4.55. The Morgan fingerprint density at radius 1 is 1.47 bits per heavy atom. The van der Waals surface area contributed by atoms with E-state index in [1.54, 1.807) is 13.8 Å². The van der Waals surface area contributed by atoms with Gasteiger partial charge in [0.1, 0.15) is 11.2 Å². The topological polar surface area (TPSA) is 63.0 Å². The van der Waals surface area contributed by atoms with E-state index < -0.39 is 5.97 Å². The molecule has 1 rings (SSSR count). The number of pyridine rings is 1. The lowest BCUT2D eigenvalue weighted by Crippen LogP contribution is -2.09. The molecule has 1 aromatic heterocycles. The molecule has 78 valence electrons. The number of rotatable bonds is 1. The van der Waals surface area contributed by atoms with Crippen molar-refractivity contribution in [2.75, 3.05) is 7.11 Å². The average Bonchev–Trinajstić information content (AvgIpc) is 2.23. The van der Waals surface area contributed by atoms with Crippen molar-refractivity contribution in [3.63, 3.8) is 0 Å². The van der Waals surface area contributed by atoms with Crippen molar-refractivity contribution < 1.29 is 9.53 Å². The number of nitriles is 1. The van der Waals surface area contributed by atoms with Crippen LogP contribution in [0.25, 0.3) is 0 Å². The fourth-order valence-electron chi connectivity index (χ4n) is 1.18. The predicted octanol–water partition coefficient (Wildman–Crippen LogP) is 2.01. The van der Waals surface area contributed by atoms with Gasteiger partial charge in [-0.3, -0.25) is 0 Å². The zero-order valence-corrected chi connectivity index (χ0v) is 9.34. The van der Waals surface area contributed by atoms with E-state index in [1.807, 2.05) is 6.07 Å². The largest absolute Gasteiger partial charge is 0.464 e. The van der Waals surface area contributed by atoms with E-state index >= 15 is 0 Å². The van der Waals surface area contributed by atoms with E-state index in [-0.39, 0.29) is 10.8 Å². The normalized spacial score (nSPS) is 9.53. The summed E-state index contributed by atoms with van der Waals surface area (Å²) in [5, 5.41) is 8.85. The summed E-state index contributed by atoms with van der Waals surface area (Å²) in [7, 11) is 1.27. The molecular weight excluding hydrogens is 216 g/mol. The van der Waals surface area contributed by atoms with Gasteiger partial charge in [0.05, 0.1) is 12.7 Å². The maximum atomic E-state index is 11.3. The third kappa shape index (κ3) is 1.92. The highest BCUT2D eigenvalue weighted by Gasteiger charge is 2.18. The molecule has 0 spiro atoms. The van der Waals surface area contributed by atoms with Gasteiger partial charge in [-0.2, -0.15) is 5.26 Å². The van der Waals surface area contributed by atoms with Crippen LogP contribution < -0.4 is 0 Å². The van der Waals surface area contributed by atoms with Crippen LogP contribution in [0.1, 0.15) is 27.2 Å². The number of hydrogen-bond donors (Lipinski definition) is 0. The van der Waals surface area contributed by atoms with Gasteiger partial charge in [0.25, 0.3) is 0 Å². The second-order valence-corrected chi connectivity index (χ2v) is 3.34. The number of esters is 1. The van der Waals surface area contributed by atoms with Crippen LogP contribution in [0.4, 0.5) is 0 Å². The van der Waals surface area contributed by atoms with Crippen molar-refractivity contribution in [1.82, 2.24) is 4.98 Å². The molecule has 0 N–H and O–H groups in total. The summed E-state index contributed by atoms with van der Waals surface area (Å²) in [6, 6.07) is 1.94. The molecule has 0 fully saturated rings. The van der Waals surface area contributed by atoms with Crippen molar-refractivity contribution in [2.24, 2.45) is 0 Å². The Labute approximate surface area is 92.4 Å². The van der Waals surface area contributed by atoms with Gasteiger partial charge < -0.3 is 4.74 Å². The Bertz CT molecular complexity index is 463. The van der Waals surface area contributed by atoms with E-state index in [1.165, 1.54) is 7.11 Å². The maximum Gasteiger partial charge on any atom is 0.356 e. The highest BCUT2D eigenvalue weighted by Crippen LogP contribution is 2.22. The van der Waals surface area contributed by atoms with Crippen LogP contribution in [-0.2, 0) is 4.74 Å². The summed E-state index contributed by atoms with van der Waals surface area (Å²) < 4.78 is 4.56. The number of ether oxygens (including phenoxy) is 1. The van der Waals surface area contributed by atoms with Gasteiger partial charge in [-0.05, 0) is 25.0 Å². The molecule has 0 aromatic carbocycles. The lowest BCUT2D eigenvalue weighted by Gasteiger charge is -2.08. The SMILES string of the molecule is COC(=O)c1nc(Cl)c(C#N)c(C)c1C. The molecular formula is C10H9ClN2O2. The van der Waals surface area contributed by atoms with Crippen molar-refractivity contribution in [3.8, 4) is 6.07 Å². The molecule has 0 saturated heterocycles. The Kier molecular flexibility index (Phi) is 3.28. The monoisotopic (exact) mass is 224 g/mol. The highest BCUT2D eigenvalue weighted by molar-refractivity contribution is 6.30. The zero-order valence-electron chi connectivity index (χ0n) is 8.59. The first kappa shape index (κ1) is 11.5. The molecule has 0 saturated carbocycles. The number of carbonyl (C=O) groups excluding carboxylic acids is 1. The Morgan fingerprint density at radius 3 is 2.53 bits per heavy atom. The molecule has 0 amide bonds. The van der Waals surface area contributed by atoms with E-state index in [2.05, 4.69) is 9.72 Å². The zero-order chi connectivity index (χ0) is 11.6. The summed E-state index contributed by atoms with van der Waals surface area (Å²) in [5.74, 6) is -0.554. The minimum absolute atomic E-state index is 0.0287. The predicted molar refractivity (Wildman–Crippen MR) is 54.8 cm³/mol. The molecule has 1 aromatic rings. The van der Waals surface area contributed by atoms with Crippen LogP contribution in [0.2, 0.25) is 5.15 Å². The van der Waals surface area contributed by atoms with Crippen LogP contribution in [0.15, 0.2) is 0 Å². The molecule has 15 heavy (non-hydrogen) atoms. The fourth-order valence-corrected chi connectivity index (χ4v) is 1.45. The first-order chi connectivity index (χ1) is 7.02. The molecule has 5 heteroatoms. The fraction of sp³-hybridized carbons (Fsp3) is 0.300. The molecule has 1 heterocycles. The molecule has 0 bridgehead atoms. The number of carbonyl (C=O) groups is 1. The molecule has 0 aliphatic heterocycles. The van der Waals surface area contributed by atoms with Crippen molar-refractivity contribution in [2.45, 2.75) is 13.8 Å². The highest BCUT2D eigenvalue weighted by atomic mass is 35.5. The van der Waals surface area contributed by atoms with Crippen LogP contribution in [0.3, 0.4) is 0 Å². The van der Waals surface area contributed by atoms with E-state index in [0.717, 1.165) is 0 Å². The van der Waals surface area contributed by atoms with Gasteiger partial charge in [0.2, 0.25) is 0 Å². The Balaban J connectivity index is 3.49. The van der Waals surface area contributed by atoms with Gasteiger partial charge >= 0.3 is 5.97 Å². The van der Waals surface area contributed by atoms with Crippen molar-refractivity contribution in [3.05, 3.63) is 27.5 Å². The Hall–Kier alpha value is -1.60. The van der Waals surface area contributed by atoms with Crippen LogP contribution in [0, 0.1) is 25.2 Å². The quantitative estimate of drug-likeness (QED) is 0.541. The Morgan fingerprint density at radius 2 is 2.07 bits per heavy atom. The van der Waals surface area contributed by atoms with Crippen LogP contribution >= 0.6 is 11.6 Å². The van der Waals surface area contributed by atoms with Gasteiger partial charge in [-0.15, -0.1) is 0 Å². The number of hydrogen-bond acceptors (Lipinski definition) is 4. The van der Waals surface area contributed by atoms with Crippen LogP contribution in [-0.4, -0.2) is 18.1 Å². The molecule has 0 aliphatic carbocycles. The lowest BCUT2D eigenvalue weighted by atomic mass is 10.0. The number of halogens is 1. The summed E-state index contributed by atoms with van der Waals surface area (Å²) in [6.07, 6.45) is 0. The molecule has 0 aliphatic rings. The van der Waals surface area contributed by atoms with Crippen molar-refractivity contribution >= 4 is 17.6 Å². The minimum atomic E-state index is -0.554. The number of aromatic nitrogens is 1. The summed E-state index contributed by atoms with van der Waals surface area (Å²) in [6.45, 7) is 3.42.